The number of amides is 1. The van der Waals surface area contributed by atoms with Crippen molar-refractivity contribution >= 4 is 39.1 Å². The maximum atomic E-state index is 12.0. The number of halogens is 4. The minimum absolute atomic E-state index is 0.0498. The molecule has 0 saturated heterocycles. The topological polar surface area (TPSA) is 62.2 Å². The molecule has 2 rings (SSSR count). The highest BCUT2D eigenvalue weighted by molar-refractivity contribution is 7.22. The van der Waals surface area contributed by atoms with Crippen molar-refractivity contribution in [1.29, 1.82) is 0 Å². The van der Waals surface area contributed by atoms with Gasteiger partial charge in [0.25, 0.3) is 0 Å². The summed E-state index contributed by atoms with van der Waals surface area (Å²) in [6, 6.07) is 2.95. The lowest BCUT2D eigenvalue weighted by atomic mass is 10.1. The van der Waals surface area contributed by atoms with Gasteiger partial charge in [-0.2, -0.15) is 13.2 Å². The predicted octanol–water partition coefficient (Wildman–Crippen LogP) is 2.88. The van der Waals surface area contributed by atoms with E-state index in [1.165, 1.54) is 6.07 Å². The standard InChI is InChI=1S/C11H8ClF3N2O2S/c12-10-17-7-6(18)2-1-5(8(7)20-10)3-4-16-9(19)11(13,14)15/h1-2,18H,3-4H2,(H,16,19). The predicted molar refractivity (Wildman–Crippen MR) is 69.1 cm³/mol. The van der Waals surface area contributed by atoms with Crippen LogP contribution in [0.1, 0.15) is 5.56 Å². The van der Waals surface area contributed by atoms with Gasteiger partial charge in [0.05, 0.1) is 4.70 Å². The molecule has 0 aliphatic heterocycles. The summed E-state index contributed by atoms with van der Waals surface area (Å²) >= 11 is 6.87. The van der Waals surface area contributed by atoms with Crippen LogP contribution in [0.25, 0.3) is 10.2 Å². The molecule has 108 valence electrons. The van der Waals surface area contributed by atoms with Gasteiger partial charge in [-0.05, 0) is 18.1 Å². The van der Waals surface area contributed by atoms with Gasteiger partial charge in [0.15, 0.2) is 4.47 Å². The summed E-state index contributed by atoms with van der Waals surface area (Å²) in [5.74, 6) is -2.03. The number of aromatic hydroxyl groups is 1. The number of thiazole rings is 1. The Morgan fingerprint density at radius 2 is 2.15 bits per heavy atom. The highest BCUT2D eigenvalue weighted by atomic mass is 35.5. The van der Waals surface area contributed by atoms with Crippen molar-refractivity contribution in [2.75, 3.05) is 6.54 Å². The Morgan fingerprint density at radius 3 is 2.80 bits per heavy atom. The first-order chi connectivity index (χ1) is 9.29. The van der Waals surface area contributed by atoms with E-state index in [9.17, 15) is 23.1 Å². The fraction of sp³-hybridized carbons (Fsp3) is 0.273. The summed E-state index contributed by atoms with van der Waals surface area (Å²) in [7, 11) is 0. The van der Waals surface area contributed by atoms with Gasteiger partial charge in [-0.15, -0.1) is 11.3 Å². The molecule has 0 unspecified atom stereocenters. The normalized spacial score (nSPS) is 11.8. The van der Waals surface area contributed by atoms with E-state index in [1.54, 1.807) is 11.4 Å². The number of carbonyl (C=O) groups is 1. The maximum Gasteiger partial charge on any atom is 0.471 e. The minimum Gasteiger partial charge on any atom is -0.506 e. The van der Waals surface area contributed by atoms with Gasteiger partial charge in [-0.3, -0.25) is 4.79 Å². The van der Waals surface area contributed by atoms with Gasteiger partial charge in [-0.1, -0.05) is 17.7 Å². The number of benzene rings is 1. The molecular weight excluding hydrogens is 317 g/mol. The number of nitrogens with one attached hydrogen (secondary N) is 1. The summed E-state index contributed by atoms with van der Waals surface area (Å²) in [4.78, 5) is 14.6. The summed E-state index contributed by atoms with van der Waals surface area (Å²) in [6.07, 6.45) is -4.71. The van der Waals surface area contributed by atoms with Crippen molar-refractivity contribution in [2.24, 2.45) is 0 Å². The molecule has 1 aromatic carbocycles. The third-order valence-electron chi connectivity index (χ3n) is 2.52. The number of carbonyl (C=O) groups excluding carboxylic acids is 1. The number of nitrogens with zero attached hydrogens (tertiary/aromatic N) is 1. The van der Waals surface area contributed by atoms with Gasteiger partial charge in [0.1, 0.15) is 11.3 Å². The molecule has 4 nitrogen and oxygen atoms in total. The van der Waals surface area contributed by atoms with E-state index in [2.05, 4.69) is 4.98 Å². The summed E-state index contributed by atoms with van der Waals surface area (Å²) in [6.45, 7) is -0.173. The van der Waals surface area contributed by atoms with E-state index >= 15 is 0 Å². The number of phenols is 1. The zero-order valence-electron chi connectivity index (χ0n) is 9.79. The van der Waals surface area contributed by atoms with Gasteiger partial charge >= 0.3 is 12.1 Å². The van der Waals surface area contributed by atoms with E-state index < -0.39 is 12.1 Å². The molecule has 2 N–H and O–H groups in total. The Hall–Kier alpha value is -1.54. The number of hydrogen-bond acceptors (Lipinski definition) is 4. The highest BCUT2D eigenvalue weighted by Gasteiger charge is 2.38. The molecule has 0 saturated carbocycles. The average molecular weight is 325 g/mol. The van der Waals surface area contributed by atoms with Crippen LogP contribution >= 0.6 is 22.9 Å². The fourth-order valence-corrected chi connectivity index (χ4v) is 2.80. The molecular formula is C11H8ClF3N2O2S. The Morgan fingerprint density at radius 1 is 1.45 bits per heavy atom. The fourth-order valence-electron chi connectivity index (χ4n) is 1.63. The molecule has 20 heavy (non-hydrogen) atoms. The molecule has 0 bridgehead atoms. The third-order valence-corrected chi connectivity index (χ3v) is 3.75. The largest absolute Gasteiger partial charge is 0.506 e. The number of aromatic nitrogens is 1. The third kappa shape index (κ3) is 3.13. The monoisotopic (exact) mass is 324 g/mol. The van der Waals surface area contributed by atoms with Gasteiger partial charge in [0, 0.05) is 6.54 Å². The Balaban J connectivity index is 2.11. The molecule has 0 atom stereocenters. The van der Waals surface area contributed by atoms with E-state index in [1.807, 2.05) is 0 Å². The zero-order chi connectivity index (χ0) is 14.9. The maximum absolute atomic E-state index is 12.0. The van der Waals surface area contributed by atoms with Crippen LogP contribution in [0.5, 0.6) is 5.75 Å². The van der Waals surface area contributed by atoms with E-state index in [-0.39, 0.29) is 23.2 Å². The van der Waals surface area contributed by atoms with Crippen molar-refractivity contribution in [2.45, 2.75) is 12.6 Å². The van der Waals surface area contributed by atoms with Crippen molar-refractivity contribution in [3.8, 4) is 5.75 Å². The first kappa shape index (κ1) is 14.9. The second-order valence-corrected chi connectivity index (χ2v) is 5.47. The van der Waals surface area contributed by atoms with Crippen LogP contribution in [0, 0.1) is 0 Å². The van der Waals surface area contributed by atoms with Crippen LogP contribution in [0.15, 0.2) is 12.1 Å². The smallest absolute Gasteiger partial charge is 0.471 e. The first-order valence-corrected chi connectivity index (χ1v) is 6.60. The van der Waals surface area contributed by atoms with E-state index in [4.69, 9.17) is 11.6 Å². The summed E-state index contributed by atoms with van der Waals surface area (Å²) < 4.78 is 36.9. The van der Waals surface area contributed by atoms with Crippen LogP contribution in [-0.4, -0.2) is 28.7 Å². The van der Waals surface area contributed by atoms with Crippen LogP contribution in [-0.2, 0) is 11.2 Å². The molecule has 1 amide bonds. The molecule has 2 aromatic rings. The molecule has 0 aliphatic carbocycles. The molecule has 9 heteroatoms. The molecule has 0 fully saturated rings. The van der Waals surface area contributed by atoms with Crippen molar-refractivity contribution in [1.82, 2.24) is 10.3 Å². The molecule has 0 spiro atoms. The number of phenolic OH excluding ortho intramolecular Hbond substituents is 1. The van der Waals surface area contributed by atoms with Gasteiger partial charge in [-0.25, -0.2) is 4.98 Å². The molecule has 1 aromatic heterocycles. The lowest BCUT2D eigenvalue weighted by Crippen LogP contribution is -2.37. The zero-order valence-corrected chi connectivity index (χ0v) is 11.4. The second-order valence-electron chi connectivity index (χ2n) is 3.89. The van der Waals surface area contributed by atoms with E-state index in [0.717, 1.165) is 11.3 Å². The Bertz CT molecular complexity index is 657. The number of rotatable bonds is 3. The van der Waals surface area contributed by atoms with Crippen LogP contribution in [0.4, 0.5) is 13.2 Å². The van der Waals surface area contributed by atoms with Crippen molar-refractivity contribution in [3.63, 3.8) is 0 Å². The first-order valence-electron chi connectivity index (χ1n) is 5.41. The molecule has 0 radical (unpaired) electrons. The molecule has 1 heterocycles. The SMILES string of the molecule is O=C(NCCc1ccc(O)c2nc(Cl)sc12)C(F)(F)F. The van der Waals surface area contributed by atoms with Crippen molar-refractivity contribution in [3.05, 3.63) is 22.2 Å². The summed E-state index contributed by atoms with van der Waals surface area (Å²) in [5.41, 5.74) is 0.962. The number of alkyl halides is 3. The highest BCUT2D eigenvalue weighted by Crippen LogP contribution is 2.34. The van der Waals surface area contributed by atoms with Crippen molar-refractivity contribution < 1.29 is 23.1 Å². The number of hydrogen-bond donors (Lipinski definition) is 2. The number of fused-ring (bicyclic) bond motifs is 1. The average Bonchev–Trinajstić information content (AvgIpc) is 2.73. The minimum atomic E-state index is -4.89. The Kier molecular flexibility index (Phi) is 4.05. The lowest BCUT2D eigenvalue weighted by Gasteiger charge is -2.08. The van der Waals surface area contributed by atoms with Crippen LogP contribution in [0.3, 0.4) is 0 Å². The van der Waals surface area contributed by atoms with Crippen LogP contribution < -0.4 is 5.32 Å². The van der Waals surface area contributed by atoms with Crippen LogP contribution in [0.2, 0.25) is 4.47 Å². The molecule has 0 aliphatic rings. The van der Waals surface area contributed by atoms with E-state index in [0.29, 0.717) is 15.8 Å². The quantitative estimate of drug-likeness (QED) is 0.912. The van der Waals surface area contributed by atoms with Gasteiger partial charge in [0.2, 0.25) is 0 Å². The van der Waals surface area contributed by atoms with Gasteiger partial charge < -0.3 is 10.4 Å². The Labute approximate surface area is 120 Å². The second kappa shape index (κ2) is 5.45. The summed E-state index contributed by atoms with van der Waals surface area (Å²) in [5, 5.41) is 11.4. The lowest BCUT2D eigenvalue weighted by molar-refractivity contribution is -0.173.